The highest BCUT2D eigenvalue weighted by Gasteiger charge is 2.10. The van der Waals surface area contributed by atoms with Crippen molar-refractivity contribution in [1.82, 2.24) is 10.3 Å². The SMILES string of the molecule is COCC(Br)CCNC(=O)c1c[nH]c(C)cc1=O. The van der Waals surface area contributed by atoms with Gasteiger partial charge in [-0.05, 0) is 13.3 Å². The van der Waals surface area contributed by atoms with Gasteiger partial charge in [0.25, 0.3) is 5.91 Å². The molecule has 0 aliphatic carbocycles. The van der Waals surface area contributed by atoms with Gasteiger partial charge in [0.1, 0.15) is 5.56 Å². The Kier molecular flexibility index (Phi) is 6.07. The van der Waals surface area contributed by atoms with Crippen LogP contribution in [0.4, 0.5) is 0 Å². The zero-order valence-electron chi connectivity index (χ0n) is 10.5. The maximum atomic E-state index is 11.7. The van der Waals surface area contributed by atoms with Crippen LogP contribution in [0.5, 0.6) is 0 Å². The summed E-state index contributed by atoms with van der Waals surface area (Å²) in [6.07, 6.45) is 2.18. The molecule has 0 spiro atoms. The summed E-state index contributed by atoms with van der Waals surface area (Å²) < 4.78 is 4.96. The van der Waals surface area contributed by atoms with E-state index in [0.29, 0.717) is 13.2 Å². The fourth-order valence-corrected chi connectivity index (χ4v) is 1.95. The quantitative estimate of drug-likeness (QED) is 0.775. The number of methoxy groups -OCH3 is 1. The minimum Gasteiger partial charge on any atom is -0.384 e. The molecule has 1 atom stereocenters. The Bertz CT molecular complexity index is 459. The van der Waals surface area contributed by atoms with Crippen LogP contribution in [-0.4, -0.2) is 36.0 Å². The maximum Gasteiger partial charge on any atom is 0.256 e. The molecule has 0 bridgehead atoms. The van der Waals surface area contributed by atoms with Gasteiger partial charge in [0.05, 0.1) is 6.61 Å². The zero-order valence-corrected chi connectivity index (χ0v) is 12.0. The van der Waals surface area contributed by atoms with Crippen molar-refractivity contribution in [2.24, 2.45) is 0 Å². The van der Waals surface area contributed by atoms with Crippen LogP contribution in [0, 0.1) is 6.92 Å². The molecule has 1 rings (SSSR count). The maximum absolute atomic E-state index is 11.7. The van der Waals surface area contributed by atoms with Crippen molar-refractivity contribution < 1.29 is 9.53 Å². The average Bonchev–Trinajstić information content (AvgIpc) is 2.29. The Balaban J connectivity index is 2.48. The third-order valence-electron chi connectivity index (χ3n) is 2.39. The number of aryl methyl sites for hydroxylation is 1. The molecule has 0 aliphatic heterocycles. The summed E-state index contributed by atoms with van der Waals surface area (Å²) in [5.41, 5.74) is 0.603. The predicted molar refractivity (Wildman–Crippen MR) is 73.3 cm³/mol. The fourth-order valence-electron chi connectivity index (χ4n) is 1.45. The number of carbonyl (C=O) groups is 1. The molecule has 0 aromatic carbocycles. The van der Waals surface area contributed by atoms with Gasteiger partial charge in [-0.25, -0.2) is 0 Å². The van der Waals surface area contributed by atoms with Crippen molar-refractivity contribution in [2.45, 2.75) is 18.2 Å². The lowest BCUT2D eigenvalue weighted by Crippen LogP contribution is -2.30. The number of amides is 1. The third kappa shape index (κ3) is 4.62. The van der Waals surface area contributed by atoms with Gasteiger partial charge >= 0.3 is 0 Å². The molecule has 1 heterocycles. The number of H-pyrrole nitrogens is 1. The van der Waals surface area contributed by atoms with Crippen molar-refractivity contribution in [1.29, 1.82) is 0 Å². The molecule has 0 saturated heterocycles. The van der Waals surface area contributed by atoms with Crippen molar-refractivity contribution in [2.75, 3.05) is 20.3 Å². The van der Waals surface area contributed by atoms with E-state index in [-0.39, 0.29) is 21.7 Å². The number of ether oxygens (including phenoxy) is 1. The first-order chi connectivity index (χ1) is 8.54. The third-order valence-corrected chi connectivity index (χ3v) is 3.11. The molecule has 2 N–H and O–H groups in total. The topological polar surface area (TPSA) is 71.2 Å². The van der Waals surface area contributed by atoms with Crippen LogP contribution in [0.15, 0.2) is 17.1 Å². The second-order valence-corrected chi connectivity index (χ2v) is 5.29. The van der Waals surface area contributed by atoms with Crippen molar-refractivity contribution in [3.05, 3.63) is 33.7 Å². The van der Waals surface area contributed by atoms with Gasteiger partial charge < -0.3 is 15.0 Å². The van der Waals surface area contributed by atoms with Crippen LogP contribution >= 0.6 is 15.9 Å². The first kappa shape index (κ1) is 14.9. The number of halogens is 1. The van der Waals surface area contributed by atoms with Crippen molar-refractivity contribution >= 4 is 21.8 Å². The van der Waals surface area contributed by atoms with E-state index >= 15 is 0 Å². The lowest BCUT2D eigenvalue weighted by atomic mass is 10.2. The molecule has 18 heavy (non-hydrogen) atoms. The normalized spacial score (nSPS) is 12.2. The van der Waals surface area contributed by atoms with E-state index in [4.69, 9.17) is 4.74 Å². The predicted octanol–water partition coefficient (Wildman–Crippen LogP) is 1.21. The lowest BCUT2D eigenvalue weighted by molar-refractivity contribution is 0.0950. The standard InChI is InChI=1S/C12H17BrN2O3/c1-8-5-11(16)10(6-15-8)12(17)14-4-3-9(13)7-18-2/h5-6,9H,3-4,7H2,1-2H3,(H,14,17)(H,15,16). The Labute approximate surface area is 114 Å². The molecule has 6 heteroatoms. The smallest absolute Gasteiger partial charge is 0.256 e. The Hall–Kier alpha value is -1.14. The van der Waals surface area contributed by atoms with Crippen LogP contribution < -0.4 is 10.7 Å². The summed E-state index contributed by atoms with van der Waals surface area (Å²) in [6, 6.07) is 1.41. The minimum atomic E-state index is -0.353. The highest BCUT2D eigenvalue weighted by atomic mass is 79.9. The molecule has 1 aromatic rings. The summed E-state index contributed by atoms with van der Waals surface area (Å²) >= 11 is 3.42. The molecular weight excluding hydrogens is 300 g/mol. The van der Waals surface area contributed by atoms with Crippen LogP contribution in [-0.2, 0) is 4.74 Å². The van der Waals surface area contributed by atoms with Gasteiger partial charge in [-0.15, -0.1) is 0 Å². The molecular formula is C12H17BrN2O3. The average molecular weight is 317 g/mol. The highest BCUT2D eigenvalue weighted by molar-refractivity contribution is 9.09. The number of alkyl halides is 1. The number of hydrogen-bond donors (Lipinski definition) is 2. The van der Waals surface area contributed by atoms with E-state index in [1.165, 1.54) is 12.3 Å². The Morgan fingerprint density at radius 2 is 2.33 bits per heavy atom. The molecule has 1 unspecified atom stereocenters. The number of carbonyl (C=O) groups excluding carboxylic acids is 1. The van der Waals surface area contributed by atoms with E-state index < -0.39 is 0 Å². The number of nitrogens with one attached hydrogen (secondary N) is 2. The van der Waals surface area contributed by atoms with E-state index in [1.807, 2.05) is 0 Å². The van der Waals surface area contributed by atoms with Gasteiger partial charge in [-0.2, -0.15) is 0 Å². The number of pyridine rings is 1. The summed E-state index contributed by atoms with van der Waals surface area (Å²) in [5.74, 6) is -0.353. The zero-order chi connectivity index (χ0) is 13.5. The molecule has 5 nitrogen and oxygen atoms in total. The van der Waals surface area contributed by atoms with E-state index in [1.54, 1.807) is 14.0 Å². The minimum absolute atomic E-state index is 0.137. The van der Waals surface area contributed by atoms with Gasteiger partial charge in [-0.1, -0.05) is 15.9 Å². The van der Waals surface area contributed by atoms with Crippen LogP contribution in [0.3, 0.4) is 0 Å². The van der Waals surface area contributed by atoms with E-state index in [9.17, 15) is 9.59 Å². The summed E-state index contributed by atoms with van der Waals surface area (Å²) in [6.45, 7) is 2.84. The van der Waals surface area contributed by atoms with E-state index in [0.717, 1.165) is 12.1 Å². The summed E-state index contributed by atoms with van der Waals surface area (Å²) in [7, 11) is 1.62. The number of hydrogen-bond acceptors (Lipinski definition) is 3. The highest BCUT2D eigenvalue weighted by Crippen LogP contribution is 2.04. The first-order valence-electron chi connectivity index (χ1n) is 5.65. The Morgan fingerprint density at radius 1 is 1.61 bits per heavy atom. The largest absolute Gasteiger partial charge is 0.384 e. The van der Waals surface area contributed by atoms with Crippen LogP contribution in [0.1, 0.15) is 22.5 Å². The molecule has 0 radical (unpaired) electrons. The summed E-state index contributed by atoms with van der Waals surface area (Å²) in [4.78, 5) is 26.4. The van der Waals surface area contributed by atoms with Gasteiger partial charge in [-0.3, -0.25) is 9.59 Å². The lowest BCUT2D eigenvalue weighted by Gasteiger charge is -2.09. The molecule has 0 fully saturated rings. The molecule has 100 valence electrons. The first-order valence-corrected chi connectivity index (χ1v) is 6.56. The fraction of sp³-hybridized carbons (Fsp3) is 0.500. The number of aromatic amines is 1. The molecule has 1 aromatic heterocycles. The van der Waals surface area contributed by atoms with Crippen molar-refractivity contribution in [3.8, 4) is 0 Å². The van der Waals surface area contributed by atoms with Crippen LogP contribution in [0.25, 0.3) is 0 Å². The second kappa shape index (κ2) is 7.33. The summed E-state index contributed by atoms with van der Waals surface area (Å²) in [5, 5.41) is 2.70. The van der Waals surface area contributed by atoms with Crippen LogP contribution in [0.2, 0.25) is 0 Å². The molecule has 0 saturated carbocycles. The molecule has 0 aliphatic rings. The molecule has 1 amide bonds. The Morgan fingerprint density at radius 3 is 2.94 bits per heavy atom. The monoisotopic (exact) mass is 316 g/mol. The van der Waals surface area contributed by atoms with Crippen molar-refractivity contribution in [3.63, 3.8) is 0 Å². The number of aromatic nitrogens is 1. The van der Waals surface area contributed by atoms with Gasteiger partial charge in [0.15, 0.2) is 5.43 Å². The van der Waals surface area contributed by atoms with Gasteiger partial charge in [0.2, 0.25) is 0 Å². The van der Waals surface area contributed by atoms with Gasteiger partial charge in [0, 0.05) is 36.4 Å². The van der Waals surface area contributed by atoms with E-state index in [2.05, 4.69) is 26.2 Å². The number of rotatable bonds is 6. The second-order valence-electron chi connectivity index (χ2n) is 3.99.